The van der Waals surface area contributed by atoms with Crippen molar-refractivity contribution >= 4 is 16.8 Å². The monoisotopic (exact) mass is 365 g/mol. The normalized spacial score (nSPS) is 33.5. The van der Waals surface area contributed by atoms with E-state index in [1.54, 1.807) is 24.3 Å². The number of benzene rings is 1. The van der Waals surface area contributed by atoms with Crippen molar-refractivity contribution in [2.24, 2.45) is 10.8 Å². The Morgan fingerprint density at radius 1 is 1.19 bits per heavy atom. The number of hydrogen-bond donors (Lipinski definition) is 1. The number of fused-ring (bicyclic) bond motifs is 3. The van der Waals surface area contributed by atoms with Crippen LogP contribution in [0.1, 0.15) is 50.4 Å². The van der Waals surface area contributed by atoms with Crippen LogP contribution in [0, 0.1) is 10.8 Å². The van der Waals surface area contributed by atoms with Crippen molar-refractivity contribution in [3.63, 3.8) is 0 Å². The minimum absolute atomic E-state index is 0.145. The highest BCUT2D eigenvalue weighted by molar-refractivity contribution is 6.04. The predicted octanol–water partition coefficient (Wildman–Crippen LogP) is 5.24. The van der Waals surface area contributed by atoms with Gasteiger partial charge in [0, 0.05) is 35.4 Å². The van der Waals surface area contributed by atoms with Crippen molar-refractivity contribution in [1.82, 2.24) is 4.98 Å². The van der Waals surface area contributed by atoms with Gasteiger partial charge in [0.2, 0.25) is 0 Å². The van der Waals surface area contributed by atoms with E-state index >= 15 is 0 Å². The molecule has 140 valence electrons. The number of quaternary nitrogens is 1. The van der Waals surface area contributed by atoms with Crippen LogP contribution in [0.3, 0.4) is 0 Å². The maximum atomic E-state index is 14.5. The number of carbonyl (C=O) groups is 1. The van der Waals surface area contributed by atoms with E-state index in [-0.39, 0.29) is 17.5 Å². The Bertz CT molecular complexity index is 885. The van der Waals surface area contributed by atoms with E-state index in [0.29, 0.717) is 30.2 Å². The molecule has 1 amide bonds. The highest BCUT2D eigenvalue weighted by Crippen LogP contribution is 2.59. The number of likely N-dealkylation sites (tertiary alicyclic amines) is 1. The molecule has 6 heteroatoms. The highest BCUT2D eigenvalue weighted by atomic mass is 19.4. The maximum Gasteiger partial charge on any atom is 0.568 e. The minimum atomic E-state index is -4.61. The van der Waals surface area contributed by atoms with E-state index in [4.69, 9.17) is 0 Å². The smallest absolute Gasteiger partial charge is 0.360 e. The van der Waals surface area contributed by atoms with E-state index in [0.717, 1.165) is 0 Å². The fourth-order valence-electron chi connectivity index (χ4n) is 5.85. The first-order chi connectivity index (χ1) is 12.0. The molecule has 1 N–H and O–H groups in total. The summed E-state index contributed by atoms with van der Waals surface area (Å²) in [6.45, 7) is 5.78. The molecule has 1 aliphatic carbocycles. The molecule has 1 saturated heterocycles. The summed E-state index contributed by atoms with van der Waals surface area (Å²) in [5, 5.41) is 0.560. The summed E-state index contributed by atoms with van der Waals surface area (Å²) in [6.07, 6.45) is -1.60. The number of aromatic nitrogens is 1. The molecule has 1 aliphatic heterocycles. The number of rotatable bonds is 1. The maximum absolute atomic E-state index is 14.5. The van der Waals surface area contributed by atoms with Gasteiger partial charge in [-0.1, -0.05) is 39.0 Å². The molecule has 0 radical (unpaired) electrons. The summed E-state index contributed by atoms with van der Waals surface area (Å²) in [4.78, 5) is 16.4. The van der Waals surface area contributed by atoms with E-state index in [2.05, 4.69) is 4.98 Å². The second-order valence-electron chi connectivity index (χ2n) is 9.26. The highest BCUT2D eigenvalue weighted by Gasteiger charge is 2.73. The van der Waals surface area contributed by atoms with Gasteiger partial charge in [-0.25, -0.2) is 4.79 Å². The fourth-order valence-corrected chi connectivity index (χ4v) is 5.85. The largest absolute Gasteiger partial charge is 0.568 e. The van der Waals surface area contributed by atoms with Crippen molar-refractivity contribution in [1.29, 1.82) is 0 Å². The van der Waals surface area contributed by atoms with Crippen molar-refractivity contribution in [2.75, 3.05) is 6.54 Å². The molecule has 2 aliphatic rings. The SMILES string of the molecule is CC1(C)CC2CC(C)(C1)C[N+]2(C(=O)c1c[nH]c2ccccc12)C(F)(F)F. The number of alkyl halides is 3. The third-order valence-electron chi connectivity index (χ3n) is 6.31. The number of carbonyl (C=O) groups excluding carboxylic acids is 1. The molecule has 3 nitrogen and oxygen atoms in total. The average Bonchev–Trinajstić information content (AvgIpc) is 3.02. The summed E-state index contributed by atoms with van der Waals surface area (Å²) in [5.41, 5.74) is 0.171. The molecule has 2 bridgehead atoms. The van der Waals surface area contributed by atoms with Crippen LogP contribution in [0.4, 0.5) is 13.2 Å². The number of nitrogens with zero attached hydrogens (tertiary/aromatic N) is 1. The van der Waals surface area contributed by atoms with Crippen LogP contribution in [0.15, 0.2) is 30.5 Å². The molecule has 1 aromatic heterocycles. The summed E-state index contributed by atoms with van der Waals surface area (Å²) >= 11 is 0. The second-order valence-corrected chi connectivity index (χ2v) is 9.26. The van der Waals surface area contributed by atoms with Crippen LogP contribution in [-0.4, -0.2) is 34.3 Å². The molecule has 2 aromatic rings. The van der Waals surface area contributed by atoms with Crippen LogP contribution in [0.2, 0.25) is 0 Å². The van der Waals surface area contributed by atoms with Gasteiger partial charge in [0.15, 0.2) is 0 Å². The van der Waals surface area contributed by atoms with Gasteiger partial charge in [0.25, 0.3) is 0 Å². The Kier molecular flexibility index (Phi) is 3.47. The first-order valence-electron chi connectivity index (χ1n) is 9.03. The third kappa shape index (κ3) is 2.34. The van der Waals surface area contributed by atoms with Crippen LogP contribution in [-0.2, 0) is 0 Å². The molecular formula is C20H24F3N2O+. The second kappa shape index (κ2) is 5.12. The zero-order valence-electron chi connectivity index (χ0n) is 15.3. The number of hydrogen-bond acceptors (Lipinski definition) is 1. The molecule has 2 fully saturated rings. The van der Waals surface area contributed by atoms with Crippen molar-refractivity contribution in [2.45, 2.75) is 52.4 Å². The molecule has 1 saturated carbocycles. The fraction of sp³-hybridized carbons (Fsp3) is 0.550. The first kappa shape index (κ1) is 17.6. The topological polar surface area (TPSA) is 32.9 Å². The van der Waals surface area contributed by atoms with Gasteiger partial charge in [-0.05, 0) is 17.9 Å². The van der Waals surface area contributed by atoms with Gasteiger partial charge in [-0.15, -0.1) is 13.2 Å². The van der Waals surface area contributed by atoms with E-state index < -0.39 is 28.1 Å². The quantitative estimate of drug-likeness (QED) is 0.544. The Labute approximate surface area is 150 Å². The van der Waals surface area contributed by atoms with Gasteiger partial charge in [0.05, 0.1) is 6.54 Å². The molecule has 26 heavy (non-hydrogen) atoms. The molecule has 0 spiro atoms. The zero-order valence-corrected chi connectivity index (χ0v) is 15.3. The summed E-state index contributed by atoms with van der Waals surface area (Å²) in [6, 6.07) is 6.31. The summed E-state index contributed by atoms with van der Waals surface area (Å²) in [7, 11) is 0. The number of nitrogens with one attached hydrogen (secondary N) is 1. The number of halogens is 3. The molecule has 3 unspecified atom stereocenters. The Hall–Kier alpha value is -1.82. The van der Waals surface area contributed by atoms with Crippen molar-refractivity contribution < 1.29 is 22.4 Å². The lowest BCUT2D eigenvalue weighted by Crippen LogP contribution is -2.64. The standard InChI is InChI=1S/C20H23F3N2O/c1-18(2)8-13-9-19(3,11-18)12-25(13,20(21,22)23)17(26)15-10-24-16-7-5-4-6-14(15)16/h4-7,10,13H,8-9,11-12H2,1-3H3/p+1. The molecule has 1 aromatic carbocycles. The zero-order chi connectivity index (χ0) is 19.0. The van der Waals surface area contributed by atoms with Crippen LogP contribution < -0.4 is 0 Å². The Balaban J connectivity index is 1.88. The van der Waals surface area contributed by atoms with E-state index in [1.165, 1.54) is 6.20 Å². The van der Waals surface area contributed by atoms with Crippen LogP contribution in [0.5, 0.6) is 0 Å². The lowest BCUT2D eigenvalue weighted by atomic mass is 9.65. The van der Waals surface area contributed by atoms with Crippen LogP contribution in [0.25, 0.3) is 10.9 Å². The number of H-pyrrole nitrogens is 1. The van der Waals surface area contributed by atoms with Gasteiger partial charge in [-0.2, -0.15) is 4.48 Å². The number of amides is 1. The van der Waals surface area contributed by atoms with E-state index in [9.17, 15) is 18.0 Å². The van der Waals surface area contributed by atoms with Gasteiger partial charge in [0.1, 0.15) is 11.6 Å². The van der Waals surface area contributed by atoms with Gasteiger partial charge in [-0.3, -0.25) is 0 Å². The first-order valence-corrected chi connectivity index (χ1v) is 9.03. The third-order valence-corrected chi connectivity index (χ3v) is 6.31. The minimum Gasteiger partial charge on any atom is -0.360 e. The van der Waals surface area contributed by atoms with Crippen molar-refractivity contribution in [3.8, 4) is 0 Å². The van der Waals surface area contributed by atoms with Crippen LogP contribution >= 0.6 is 0 Å². The summed E-state index contributed by atoms with van der Waals surface area (Å²) in [5.74, 6) is -0.818. The Morgan fingerprint density at radius 2 is 1.88 bits per heavy atom. The number of aromatic amines is 1. The predicted molar refractivity (Wildman–Crippen MR) is 93.3 cm³/mol. The average molecular weight is 365 g/mol. The molecule has 4 rings (SSSR count). The lowest BCUT2D eigenvalue weighted by Gasteiger charge is -2.40. The lowest BCUT2D eigenvalue weighted by molar-refractivity contribution is -0.972. The van der Waals surface area contributed by atoms with Gasteiger partial charge >= 0.3 is 12.2 Å². The van der Waals surface area contributed by atoms with Crippen molar-refractivity contribution in [3.05, 3.63) is 36.0 Å². The number of para-hydroxylation sites is 1. The van der Waals surface area contributed by atoms with Gasteiger partial charge < -0.3 is 4.98 Å². The Morgan fingerprint density at radius 3 is 2.58 bits per heavy atom. The molecular weight excluding hydrogens is 341 g/mol. The summed E-state index contributed by atoms with van der Waals surface area (Å²) < 4.78 is 42.0. The van der Waals surface area contributed by atoms with E-state index in [1.807, 2.05) is 20.8 Å². The molecule has 3 atom stereocenters. The molecule has 2 heterocycles.